The average Bonchev–Trinajstić information content (AvgIpc) is 2.60. The minimum absolute atomic E-state index is 0.0502. The van der Waals surface area contributed by atoms with Crippen LogP contribution in [0, 0.1) is 6.92 Å². The summed E-state index contributed by atoms with van der Waals surface area (Å²) in [5.74, 6) is 0.887. The molecule has 0 unspecified atom stereocenters. The number of amides is 1. The van der Waals surface area contributed by atoms with Crippen molar-refractivity contribution in [2.24, 2.45) is 5.10 Å². The molecule has 0 radical (unpaired) electrons. The number of aromatic nitrogens is 2. The van der Waals surface area contributed by atoms with Gasteiger partial charge in [-0.05, 0) is 13.8 Å². The molecular formula is C12H20N4O2. The molecule has 0 saturated heterocycles. The van der Waals surface area contributed by atoms with Crippen molar-refractivity contribution in [2.75, 3.05) is 6.61 Å². The normalized spacial score (nSPS) is 11.8. The summed E-state index contributed by atoms with van der Waals surface area (Å²) in [6.07, 6.45) is 0.927. The molecule has 1 rings (SSSR count). The molecule has 0 aromatic carbocycles. The van der Waals surface area contributed by atoms with Gasteiger partial charge in [-0.3, -0.25) is 0 Å². The van der Waals surface area contributed by atoms with Gasteiger partial charge in [-0.1, -0.05) is 20.8 Å². The Kier molecular flexibility index (Phi) is 4.47. The van der Waals surface area contributed by atoms with Gasteiger partial charge in [0, 0.05) is 11.1 Å². The first kappa shape index (κ1) is 14.2. The highest BCUT2D eigenvalue weighted by atomic mass is 16.5. The molecule has 6 heteroatoms. The number of aromatic amines is 1. The number of aryl methyl sites for hydroxylation is 1. The van der Waals surface area contributed by atoms with Crippen LogP contribution in [-0.4, -0.2) is 28.9 Å². The number of imidazole rings is 1. The van der Waals surface area contributed by atoms with Crippen LogP contribution < -0.4 is 5.43 Å². The lowest BCUT2D eigenvalue weighted by Gasteiger charge is -2.13. The number of rotatable bonds is 3. The van der Waals surface area contributed by atoms with Crippen molar-refractivity contribution in [3.05, 3.63) is 17.2 Å². The summed E-state index contributed by atoms with van der Waals surface area (Å²) in [4.78, 5) is 18.6. The standard InChI is InChI=1S/C12H20N4O2/c1-6-18-11(17)16-13-7-9-8(2)14-10(15-9)12(3,4)5/h7H,6H2,1-5H3,(H,14,15)(H,16,17)/b13-7+. The number of hydrogen-bond acceptors (Lipinski definition) is 4. The summed E-state index contributed by atoms with van der Waals surface area (Å²) < 4.78 is 4.68. The van der Waals surface area contributed by atoms with Crippen LogP contribution in [0.1, 0.15) is 44.9 Å². The van der Waals surface area contributed by atoms with Gasteiger partial charge in [-0.15, -0.1) is 0 Å². The van der Waals surface area contributed by atoms with E-state index in [9.17, 15) is 4.79 Å². The summed E-state index contributed by atoms with van der Waals surface area (Å²) in [7, 11) is 0. The van der Waals surface area contributed by atoms with Crippen molar-refractivity contribution in [3.63, 3.8) is 0 Å². The number of nitrogens with one attached hydrogen (secondary N) is 2. The van der Waals surface area contributed by atoms with Crippen LogP contribution in [0.4, 0.5) is 4.79 Å². The maximum atomic E-state index is 11.0. The molecule has 6 nitrogen and oxygen atoms in total. The van der Waals surface area contributed by atoms with Crippen LogP contribution in [0.2, 0.25) is 0 Å². The minimum Gasteiger partial charge on any atom is -0.449 e. The van der Waals surface area contributed by atoms with Crippen LogP contribution >= 0.6 is 0 Å². The van der Waals surface area contributed by atoms with Gasteiger partial charge in [0.05, 0.1) is 12.8 Å². The molecule has 2 N–H and O–H groups in total. The predicted octanol–water partition coefficient (Wildman–Crippen LogP) is 2.10. The van der Waals surface area contributed by atoms with E-state index < -0.39 is 6.09 Å². The van der Waals surface area contributed by atoms with E-state index in [-0.39, 0.29) is 5.41 Å². The fourth-order valence-corrected chi connectivity index (χ4v) is 1.26. The summed E-state index contributed by atoms with van der Waals surface area (Å²) in [5, 5.41) is 3.78. The number of carbonyl (C=O) groups excluding carboxylic acids is 1. The largest absolute Gasteiger partial charge is 0.449 e. The molecular weight excluding hydrogens is 232 g/mol. The lowest BCUT2D eigenvalue weighted by Crippen LogP contribution is -2.18. The third-order valence-electron chi connectivity index (χ3n) is 2.25. The van der Waals surface area contributed by atoms with Crippen molar-refractivity contribution in [3.8, 4) is 0 Å². The van der Waals surface area contributed by atoms with Crippen molar-refractivity contribution in [1.82, 2.24) is 15.4 Å². The van der Waals surface area contributed by atoms with Crippen molar-refractivity contribution >= 4 is 12.3 Å². The fourth-order valence-electron chi connectivity index (χ4n) is 1.26. The Hall–Kier alpha value is -1.85. The highest BCUT2D eigenvalue weighted by molar-refractivity contribution is 5.80. The molecule has 0 atom stereocenters. The minimum atomic E-state index is -0.571. The first-order chi connectivity index (χ1) is 8.34. The zero-order valence-corrected chi connectivity index (χ0v) is 11.5. The van der Waals surface area contributed by atoms with E-state index >= 15 is 0 Å². The molecule has 0 aliphatic carbocycles. The number of H-pyrrole nitrogens is 1. The number of hydrazone groups is 1. The van der Waals surface area contributed by atoms with Crippen molar-refractivity contribution in [2.45, 2.75) is 40.0 Å². The second-order valence-corrected chi connectivity index (χ2v) is 4.94. The summed E-state index contributed by atoms with van der Waals surface area (Å²) >= 11 is 0. The zero-order valence-electron chi connectivity index (χ0n) is 11.5. The van der Waals surface area contributed by atoms with E-state index in [4.69, 9.17) is 0 Å². The van der Waals surface area contributed by atoms with E-state index in [1.54, 1.807) is 6.92 Å². The number of ether oxygens (including phenoxy) is 1. The quantitative estimate of drug-likeness (QED) is 0.638. The van der Waals surface area contributed by atoms with E-state index in [2.05, 4.69) is 46.0 Å². The molecule has 1 aromatic rings. The predicted molar refractivity (Wildman–Crippen MR) is 69.8 cm³/mol. The monoisotopic (exact) mass is 252 g/mol. The second kappa shape index (κ2) is 5.66. The molecule has 18 heavy (non-hydrogen) atoms. The van der Waals surface area contributed by atoms with Crippen molar-refractivity contribution < 1.29 is 9.53 Å². The molecule has 0 aliphatic heterocycles. The second-order valence-electron chi connectivity index (χ2n) is 4.94. The van der Waals surface area contributed by atoms with Crippen molar-refractivity contribution in [1.29, 1.82) is 0 Å². The SMILES string of the molecule is CCOC(=O)N/N=C/c1nc(C(C)(C)C)[nH]c1C. The molecule has 0 aliphatic rings. The maximum absolute atomic E-state index is 11.0. The average molecular weight is 252 g/mol. The third kappa shape index (κ3) is 3.87. The van der Waals surface area contributed by atoms with Crippen LogP contribution in [0.25, 0.3) is 0 Å². The smallest absolute Gasteiger partial charge is 0.427 e. The molecule has 0 bridgehead atoms. The van der Waals surface area contributed by atoms with E-state index in [1.165, 1.54) is 6.21 Å². The van der Waals surface area contributed by atoms with E-state index in [1.807, 2.05) is 6.92 Å². The molecule has 1 heterocycles. The number of hydrogen-bond donors (Lipinski definition) is 2. The van der Waals surface area contributed by atoms with E-state index in [0.717, 1.165) is 11.5 Å². The number of nitrogens with zero attached hydrogens (tertiary/aromatic N) is 2. The van der Waals surface area contributed by atoms with E-state index in [0.29, 0.717) is 12.3 Å². The lowest BCUT2D eigenvalue weighted by molar-refractivity contribution is 0.152. The Balaban J connectivity index is 2.71. The zero-order chi connectivity index (χ0) is 13.8. The van der Waals surface area contributed by atoms with Gasteiger partial charge < -0.3 is 9.72 Å². The van der Waals surface area contributed by atoms with Crippen LogP contribution in [0.3, 0.4) is 0 Å². The van der Waals surface area contributed by atoms with Gasteiger partial charge in [-0.25, -0.2) is 15.2 Å². The highest BCUT2D eigenvalue weighted by Crippen LogP contribution is 2.19. The Morgan fingerprint density at radius 3 is 2.72 bits per heavy atom. The fraction of sp³-hybridized carbons (Fsp3) is 0.583. The number of carbonyl (C=O) groups is 1. The molecule has 0 saturated carbocycles. The Morgan fingerprint density at radius 1 is 1.56 bits per heavy atom. The maximum Gasteiger partial charge on any atom is 0.427 e. The first-order valence-corrected chi connectivity index (χ1v) is 5.87. The molecule has 0 spiro atoms. The highest BCUT2D eigenvalue weighted by Gasteiger charge is 2.18. The first-order valence-electron chi connectivity index (χ1n) is 5.87. The summed E-state index contributed by atoms with van der Waals surface area (Å²) in [6, 6.07) is 0. The van der Waals surface area contributed by atoms with Gasteiger partial charge in [0.1, 0.15) is 11.5 Å². The topological polar surface area (TPSA) is 79.4 Å². The van der Waals surface area contributed by atoms with Gasteiger partial charge in [0.15, 0.2) is 0 Å². The Bertz CT molecular complexity index is 443. The lowest BCUT2D eigenvalue weighted by atomic mass is 9.96. The van der Waals surface area contributed by atoms with Crippen LogP contribution in [0.15, 0.2) is 5.10 Å². The van der Waals surface area contributed by atoms with Crippen LogP contribution in [0.5, 0.6) is 0 Å². The Morgan fingerprint density at radius 2 is 2.22 bits per heavy atom. The van der Waals surface area contributed by atoms with Gasteiger partial charge in [0.2, 0.25) is 0 Å². The van der Waals surface area contributed by atoms with Crippen LogP contribution in [-0.2, 0) is 10.2 Å². The van der Waals surface area contributed by atoms with Gasteiger partial charge >= 0.3 is 6.09 Å². The van der Waals surface area contributed by atoms with Gasteiger partial charge in [0.25, 0.3) is 0 Å². The molecule has 0 fully saturated rings. The Labute approximate surface area is 107 Å². The summed E-state index contributed by atoms with van der Waals surface area (Å²) in [6.45, 7) is 10.2. The third-order valence-corrected chi connectivity index (χ3v) is 2.25. The summed E-state index contributed by atoms with van der Waals surface area (Å²) in [5.41, 5.74) is 3.83. The molecule has 100 valence electrons. The molecule has 1 amide bonds. The molecule has 1 aromatic heterocycles. The van der Waals surface area contributed by atoms with Gasteiger partial charge in [-0.2, -0.15) is 5.10 Å².